The molecular weight excluding hydrogens is 326 g/mol. The van der Waals surface area contributed by atoms with Crippen molar-refractivity contribution in [3.05, 3.63) is 33.9 Å². The normalized spacial score (nSPS) is 22.7. The number of anilines is 1. The molecule has 1 aromatic carbocycles. The summed E-state index contributed by atoms with van der Waals surface area (Å²) < 4.78 is 0. The number of nitro groups is 1. The number of nitrogens with one attached hydrogen (secondary N) is 1. The Kier molecular flexibility index (Phi) is 4.52. The number of nitrogens with zero attached hydrogens (tertiary/aromatic N) is 2. The van der Waals surface area contributed by atoms with Crippen LogP contribution in [0.5, 0.6) is 0 Å². The van der Waals surface area contributed by atoms with E-state index in [0.717, 1.165) is 17.7 Å². The molecule has 1 saturated heterocycles. The fourth-order valence-electron chi connectivity index (χ4n) is 3.58. The van der Waals surface area contributed by atoms with Crippen molar-refractivity contribution in [1.29, 1.82) is 0 Å². The van der Waals surface area contributed by atoms with Crippen LogP contribution in [0, 0.1) is 28.9 Å². The molecule has 0 spiro atoms. The third-order valence-corrected chi connectivity index (χ3v) is 4.94. The number of non-ortho nitro benzene ring substituents is 1. The van der Waals surface area contributed by atoms with Crippen LogP contribution in [-0.2, 0) is 14.4 Å². The summed E-state index contributed by atoms with van der Waals surface area (Å²) in [5, 5.41) is 13.4. The lowest BCUT2D eigenvalue weighted by molar-refractivity contribution is -0.384. The van der Waals surface area contributed by atoms with Gasteiger partial charge >= 0.3 is 0 Å². The molecule has 1 aliphatic heterocycles. The number of carbonyl (C=O) groups excluding carboxylic acids is 3. The first-order valence-corrected chi connectivity index (χ1v) is 8.28. The maximum atomic E-state index is 12.4. The van der Waals surface area contributed by atoms with E-state index < -0.39 is 10.8 Å². The van der Waals surface area contributed by atoms with E-state index in [1.54, 1.807) is 6.92 Å². The summed E-state index contributed by atoms with van der Waals surface area (Å²) in [7, 11) is 0. The van der Waals surface area contributed by atoms with Gasteiger partial charge in [0.15, 0.2) is 0 Å². The number of imide groups is 1. The molecule has 25 heavy (non-hydrogen) atoms. The number of hydrogen-bond acceptors (Lipinski definition) is 5. The van der Waals surface area contributed by atoms with Crippen LogP contribution in [0.1, 0.15) is 31.2 Å². The van der Waals surface area contributed by atoms with Crippen molar-refractivity contribution in [1.82, 2.24) is 4.90 Å². The fourth-order valence-corrected chi connectivity index (χ4v) is 3.58. The first-order chi connectivity index (χ1) is 11.9. The van der Waals surface area contributed by atoms with Gasteiger partial charge in [-0.3, -0.25) is 29.4 Å². The molecule has 8 heteroatoms. The SMILES string of the molecule is Cc1ccc([N+](=O)[O-])cc1NC(=O)CN1C(=O)C2CCCCC2C1=O. The number of rotatable bonds is 4. The Morgan fingerprint density at radius 2 is 1.84 bits per heavy atom. The smallest absolute Gasteiger partial charge is 0.271 e. The molecule has 2 atom stereocenters. The maximum Gasteiger partial charge on any atom is 0.271 e. The van der Waals surface area contributed by atoms with E-state index in [2.05, 4.69) is 5.32 Å². The summed E-state index contributed by atoms with van der Waals surface area (Å²) in [4.78, 5) is 48.4. The Hall–Kier alpha value is -2.77. The molecule has 0 bridgehead atoms. The minimum Gasteiger partial charge on any atom is -0.324 e. The molecular formula is C17H19N3O5. The van der Waals surface area contributed by atoms with Crippen LogP contribution in [0.3, 0.4) is 0 Å². The van der Waals surface area contributed by atoms with E-state index in [9.17, 15) is 24.5 Å². The Balaban J connectivity index is 1.71. The van der Waals surface area contributed by atoms with Crippen LogP contribution in [0.2, 0.25) is 0 Å². The third-order valence-electron chi connectivity index (χ3n) is 4.94. The van der Waals surface area contributed by atoms with Gasteiger partial charge in [-0.05, 0) is 25.3 Å². The van der Waals surface area contributed by atoms with Crippen molar-refractivity contribution in [2.75, 3.05) is 11.9 Å². The average Bonchev–Trinajstić information content (AvgIpc) is 2.82. The zero-order valence-corrected chi connectivity index (χ0v) is 13.9. The van der Waals surface area contributed by atoms with E-state index in [1.807, 2.05) is 0 Å². The summed E-state index contributed by atoms with van der Waals surface area (Å²) in [6.07, 6.45) is 3.23. The number of carbonyl (C=O) groups is 3. The summed E-state index contributed by atoms with van der Waals surface area (Å²) in [6, 6.07) is 4.15. The highest BCUT2D eigenvalue weighted by Crippen LogP contribution is 2.37. The topological polar surface area (TPSA) is 110 Å². The van der Waals surface area contributed by atoms with Gasteiger partial charge in [0.2, 0.25) is 17.7 Å². The number of likely N-dealkylation sites (tertiary alicyclic amines) is 1. The van der Waals surface area contributed by atoms with Crippen LogP contribution in [0.25, 0.3) is 0 Å². The van der Waals surface area contributed by atoms with E-state index >= 15 is 0 Å². The lowest BCUT2D eigenvalue weighted by atomic mass is 9.81. The standard InChI is InChI=1S/C17H19N3O5/c1-10-6-7-11(20(24)25)8-14(10)18-15(21)9-19-16(22)12-4-2-3-5-13(12)17(19)23/h6-8,12-13H,2-5,9H2,1H3,(H,18,21). The summed E-state index contributed by atoms with van der Waals surface area (Å²) in [5.74, 6) is -1.69. The monoisotopic (exact) mass is 345 g/mol. The third kappa shape index (κ3) is 3.24. The van der Waals surface area contributed by atoms with Gasteiger partial charge in [0.25, 0.3) is 5.69 Å². The second kappa shape index (κ2) is 6.62. The summed E-state index contributed by atoms with van der Waals surface area (Å²) in [6.45, 7) is 1.35. The molecule has 2 aliphatic rings. The molecule has 0 aromatic heterocycles. The van der Waals surface area contributed by atoms with Crippen molar-refractivity contribution < 1.29 is 19.3 Å². The number of nitro benzene ring substituents is 1. The lowest BCUT2D eigenvalue weighted by Crippen LogP contribution is -2.38. The minimum atomic E-state index is -0.548. The first-order valence-electron chi connectivity index (χ1n) is 8.28. The van der Waals surface area contributed by atoms with Crippen molar-refractivity contribution in [2.45, 2.75) is 32.6 Å². The highest BCUT2D eigenvalue weighted by Gasteiger charge is 2.48. The van der Waals surface area contributed by atoms with E-state index in [-0.39, 0.29) is 35.9 Å². The molecule has 1 aromatic rings. The van der Waals surface area contributed by atoms with Gasteiger partial charge in [0.05, 0.1) is 22.4 Å². The van der Waals surface area contributed by atoms with Gasteiger partial charge < -0.3 is 5.32 Å². The van der Waals surface area contributed by atoms with Crippen molar-refractivity contribution >= 4 is 29.1 Å². The van der Waals surface area contributed by atoms with Crippen molar-refractivity contribution in [3.63, 3.8) is 0 Å². The Labute approximate surface area is 144 Å². The maximum absolute atomic E-state index is 12.4. The van der Waals surface area contributed by atoms with Gasteiger partial charge in [0.1, 0.15) is 6.54 Å². The van der Waals surface area contributed by atoms with Crippen LogP contribution in [-0.4, -0.2) is 34.1 Å². The van der Waals surface area contributed by atoms with E-state index in [1.165, 1.54) is 18.2 Å². The zero-order chi connectivity index (χ0) is 18.1. The predicted octanol–water partition coefficient (Wildman–Crippen LogP) is 2.02. The van der Waals surface area contributed by atoms with E-state index in [0.29, 0.717) is 24.1 Å². The van der Waals surface area contributed by atoms with Crippen molar-refractivity contribution in [3.8, 4) is 0 Å². The molecule has 2 fully saturated rings. The van der Waals surface area contributed by atoms with Crippen LogP contribution in [0.15, 0.2) is 18.2 Å². The van der Waals surface area contributed by atoms with Gasteiger partial charge in [-0.15, -0.1) is 0 Å². The number of hydrogen-bond donors (Lipinski definition) is 1. The first kappa shape index (κ1) is 17.1. The quantitative estimate of drug-likeness (QED) is 0.510. The molecule has 1 N–H and O–H groups in total. The second-order valence-electron chi connectivity index (χ2n) is 6.56. The molecule has 3 rings (SSSR count). The minimum absolute atomic E-state index is 0.139. The number of aryl methyl sites for hydroxylation is 1. The molecule has 3 amide bonds. The molecule has 1 saturated carbocycles. The van der Waals surface area contributed by atoms with Crippen molar-refractivity contribution in [2.24, 2.45) is 11.8 Å². The molecule has 132 valence electrons. The number of benzene rings is 1. The zero-order valence-electron chi connectivity index (χ0n) is 13.9. The lowest BCUT2D eigenvalue weighted by Gasteiger charge is -2.19. The van der Waals surface area contributed by atoms with Crippen LogP contribution >= 0.6 is 0 Å². The van der Waals surface area contributed by atoms with Gasteiger partial charge in [-0.2, -0.15) is 0 Å². The summed E-state index contributed by atoms with van der Waals surface area (Å²) in [5.41, 5.74) is 0.822. The molecule has 1 aliphatic carbocycles. The fraction of sp³-hybridized carbons (Fsp3) is 0.471. The average molecular weight is 345 g/mol. The second-order valence-corrected chi connectivity index (χ2v) is 6.56. The molecule has 2 unspecified atom stereocenters. The highest BCUT2D eigenvalue weighted by molar-refractivity contribution is 6.08. The van der Waals surface area contributed by atoms with Gasteiger partial charge in [-0.25, -0.2) is 0 Å². The Morgan fingerprint density at radius 3 is 2.40 bits per heavy atom. The van der Waals surface area contributed by atoms with Crippen LogP contribution < -0.4 is 5.32 Å². The molecule has 0 radical (unpaired) electrons. The predicted molar refractivity (Wildman–Crippen MR) is 88.6 cm³/mol. The largest absolute Gasteiger partial charge is 0.324 e. The van der Waals surface area contributed by atoms with Crippen LogP contribution in [0.4, 0.5) is 11.4 Å². The number of amides is 3. The van der Waals surface area contributed by atoms with Gasteiger partial charge in [0, 0.05) is 12.1 Å². The summed E-state index contributed by atoms with van der Waals surface area (Å²) >= 11 is 0. The highest BCUT2D eigenvalue weighted by atomic mass is 16.6. The Bertz CT molecular complexity index is 737. The van der Waals surface area contributed by atoms with Gasteiger partial charge in [-0.1, -0.05) is 18.9 Å². The molecule has 8 nitrogen and oxygen atoms in total. The Morgan fingerprint density at radius 1 is 1.24 bits per heavy atom. The van der Waals surface area contributed by atoms with E-state index in [4.69, 9.17) is 0 Å². The molecule has 1 heterocycles. The number of fused-ring (bicyclic) bond motifs is 1.